The van der Waals surface area contributed by atoms with Gasteiger partial charge in [0.1, 0.15) is 23.4 Å². The molecule has 0 radical (unpaired) electrons. The number of pyridine rings is 2. The van der Waals surface area contributed by atoms with Crippen LogP contribution in [0.3, 0.4) is 0 Å². The van der Waals surface area contributed by atoms with E-state index in [2.05, 4.69) is 15.1 Å². The van der Waals surface area contributed by atoms with Gasteiger partial charge in [-0.15, -0.1) is 0 Å². The van der Waals surface area contributed by atoms with Crippen LogP contribution < -0.4 is 4.74 Å². The molecule has 0 amide bonds. The number of methoxy groups -OCH3 is 2. The Kier molecular flexibility index (Phi) is 6.40. The highest BCUT2D eigenvalue weighted by Crippen LogP contribution is 2.36. The summed E-state index contributed by atoms with van der Waals surface area (Å²) in [5.41, 5.74) is 1.28. The highest BCUT2D eigenvalue weighted by atomic mass is 19.3. The summed E-state index contributed by atoms with van der Waals surface area (Å²) in [5, 5.41) is 4.57. The predicted molar refractivity (Wildman–Crippen MR) is 110 cm³/mol. The number of esters is 1. The van der Waals surface area contributed by atoms with Crippen molar-refractivity contribution < 1.29 is 27.8 Å². The third kappa shape index (κ3) is 4.31. The summed E-state index contributed by atoms with van der Waals surface area (Å²) in [4.78, 5) is 20.5. The number of aromatic nitrogens is 4. The molecule has 1 atom stereocenters. The van der Waals surface area contributed by atoms with Crippen LogP contribution in [0, 0.1) is 0 Å². The van der Waals surface area contributed by atoms with E-state index in [1.807, 2.05) is 6.20 Å². The molecule has 0 spiro atoms. The molecule has 3 aromatic rings. The molecule has 32 heavy (non-hydrogen) atoms. The summed E-state index contributed by atoms with van der Waals surface area (Å²) >= 11 is 0. The Balaban J connectivity index is 1.80. The van der Waals surface area contributed by atoms with E-state index >= 15 is 0 Å². The number of rotatable bonds is 6. The zero-order valence-electron chi connectivity index (χ0n) is 17.6. The zero-order valence-corrected chi connectivity index (χ0v) is 17.6. The summed E-state index contributed by atoms with van der Waals surface area (Å²) in [7, 11) is 2.63. The zero-order chi connectivity index (χ0) is 22.7. The van der Waals surface area contributed by atoms with E-state index < -0.39 is 18.1 Å². The van der Waals surface area contributed by atoms with Crippen LogP contribution in [0.2, 0.25) is 0 Å². The van der Waals surface area contributed by atoms with Gasteiger partial charge in [-0.1, -0.05) is 0 Å². The van der Waals surface area contributed by atoms with Crippen molar-refractivity contribution >= 4 is 5.97 Å². The van der Waals surface area contributed by atoms with E-state index in [0.717, 1.165) is 19.3 Å². The van der Waals surface area contributed by atoms with Crippen LogP contribution in [0.4, 0.5) is 8.78 Å². The Hall–Kier alpha value is -3.40. The minimum absolute atomic E-state index is 0.107. The molecule has 8 nitrogen and oxygen atoms in total. The molecule has 1 aliphatic heterocycles. The third-order valence-electron chi connectivity index (χ3n) is 5.25. The predicted octanol–water partition coefficient (Wildman–Crippen LogP) is 4.44. The smallest absolute Gasteiger partial charge is 0.340 e. The van der Waals surface area contributed by atoms with Crippen molar-refractivity contribution in [2.45, 2.75) is 31.9 Å². The van der Waals surface area contributed by atoms with E-state index in [-0.39, 0.29) is 23.1 Å². The van der Waals surface area contributed by atoms with E-state index in [4.69, 9.17) is 14.2 Å². The Bertz CT molecular complexity index is 1110. The van der Waals surface area contributed by atoms with Crippen LogP contribution in [0.5, 0.6) is 5.75 Å². The number of hydrogen-bond acceptors (Lipinski definition) is 7. The third-order valence-corrected chi connectivity index (χ3v) is 5.25. The van der Waals surface area contributed by atoms with E-state index in [0.29, 0.717) is 23.6 Å². The molecule has 0 aromatic carbocycles. The van der Waals surface area contributed by atoms with Crippen LogP contribution >= 0.6 is 0 Å². The number of nitrogens with zero attached hydrogens (tertiary/aromatic N) is 4. The quantitative estimate of drug-likeness (QED) is 0.520. The van der Waals surface area contributed by atoms with Gasteiger partial charge >= 0.3 is 5.97 Å². The second kappa shape index (κ2) is 9.39. The lowest BCUT2D eigenvalue weighted by atomic mass is 9.99. The Morgan fingerprint density at radius 1 is 1.16 bits per heavy atom. The SMILES string of the molecule is COC(=O)c1cnc(-c2ccn(C3CCCCO3)n2)cc1-c1cc(C(F)F)ncc1OC. The van der Waals surface area contributed by atoms with E-state index in [9.17, 15) is 13.6 Å². The molecule has 1 unspecified atom stereocenters. The molecule has 0 bridgehead atoms. The second-order valence-electron chi connectivity index (χ2n) is 7.22. The van der Waals surface area contributed by atoms with Crippen molar-refractivity contribution in [1.82, 2.24) is 19.7 Å². The molecule has 3 aromatic heterocycles. The normalized spacial score (nSPS) is 16.2. The second-order valence-corrected chi connectivity index (χ2v) is 7.22. The molecular formula is C22H22F2N4O4. The van der Waals surface area contributed by atoms with Crippen molar-refractivity contribution in [2.24, 2.45) is 0 Å². The first-order valence-corrected chi connectivity index (χ1v) is 10.1. The van der Waals surface area contributed by atoms with Crippen molar-refractivity contribution in [3.8, 4) is 28.3 Å². The summed E-state index contributed by atoms with van der Waals surface area (Å²) in [6, 6.07) is 4.59. The number of alkyl halides is 2. The molecule has 0 aliphatic carbocycles. The first kappa shape index (κ1) is 21.8. The van der Waals surface area contributed by atoms with Crippen molar-refractivity contribution in [3.05, 3.63) is 48.0 Å². The van der Waals surface area contributed by atoms with Crippen molar-refractivity contribution in [2.75, 3.05) is 20.8 Å². The maximum absolute atomic E-state index is 13.3. The van der Waals surface area contributed by atoms with E-state index in [1.54, 1.807) is 16.8 Å². The van der Waals surface area contributed by atoms with E-state index in [1.165, 1.54) is 32.7 Å². The Morgan fingerprint density at radius 3 is 2.69 bits per heavy atom. The molecule has 1 saturated heterocycles. The number of carbonyl (C=O) groups is 1. The first-order valence-electron chi connectivity index (χ1n) is 10.1. The standard InChI is InChI=1S/C22H22F2N4O4/c1-30-19-12-26-18(21(23)24)10-14(19)13-9-17(25-11-15(13)22(29)31-2)16-6-7-28(27-16)20-5-3-4-8-32-20/h6-7,9-12,20-21H,3-5,8H2,1-2H3. The van der Waals surface area contributed by atoms with Gasteiger partial charge in [-0.05, 0) is 37.5 Å². The molecule has 4 rings (SSSR count). The molecule has 4 heterocycles. The Labute approximate surface area is 183 Å². The number of carbonyl (C=O) groups excluding carboxylic acids is 1. The lowest BCUT2D eigenvalue weighted by molar-refractivity contribution is -0.0393. The molecule has 168 valence electrons. The van der Waals surface area contributed by atoms with Gasteiger partial charge < -0.3 is 14.2 Å². The fraction of sp³-hybridized carbons (Fsp3) is 0.364. The van der Waals surface area contributed by atoms with Crippen molar-refractivity contribution in [1.29, 1.82) is 0 Å². The number of ether oxygens (including phenoxy) is 3. The fourth-order valence-electron chi connectivity index (χ4n) is 3.61. The summed E-state index contributed by atoms with van der Waals surface area (Å²) in [6.07, 6.45) is 4.38. The van der Waals surface area contributed by atoms with Gasteiger partial charge in [0.15, 0.2) is 0 Å². The van der Waals surface area contributed by atoms with Crippen LogP contribution in [0.25, 0.3) is 22.5 Å². The summed E-state index contributed by atoms with van der Waals surface area (Å²) in [6.45, 7) is 0.685. The average molecular weight is 444 g/mol. The highest BCUT2D eigenvalue weighted by Gasteiger charge is 2.22. The van der Waals surface area contributed by atoms with Gasteiger partial charge in [0.2, 0.25) is 0 Å². The fourth-order valence-corrected chi connectivity index (χ4v) is 3.61. The summed E-state index contributed by atoms with van der Waals surface area (Å²) in [5.74, 6) is -0.421. The summed E-state index contributed by atoms with van der Waals surface area (Å²) < 4.78 is 44.3. The van der Waals surface area contributed by atoms with Gasteiger partial charge in [0.05, 0.1) is 31.7 Å². The van der Waals surface area contributed by atoms with Gasteiger partial charge in [-0.3, -0.25) is 9.97 Å². The highest BCUT2D eigenvalue weighted by molar-refractivity contribution is 5.98. The van der Waals surface area contributed by atoms with Crippen LogP contribution in [-0.2, 0) is 9.47 Å². The maximum Gasteiger partial charge on any atom is 0.340 e. The molecular weight excluding hydrogens is 422 g/mol. The molecule has 0 saturated carbocycles. The average Bonchev–Trinajstić information content (AvgIpc) is 3.33. The number of halogens is 2. The van der Waals surface area contributed by atoms with Crippen molar-refractivity contribution in [3.63, 3.8) is 0 Å². The van der Waals surface area contributed by atoms with Gasteiger partial charge in [0.25, 0.3) is 6.43 Å². The number of hydrogen-bond donors (Lipinski definition) is 0. The maximum atomic E-state index is 13.3. The van der Waals surface area contributed by atoms with Gasteiger partial charge in [-0.2, -0.15) is 5.10 Å². The molecule has 1 aliphatic rings. The van der Waals surface area contributed by atoms with Gasteiger partial charge in [0, 0.05) is 30.1 Å². The minimum Gasteiger partial charge on any atom is -0.494 e. The topological polar surface area (TPSA) is 88.4 Å². The lowest BCUT2D eigenvalue weighted by Gasteiger charge is -2.22. The molecule has 1 fully saturated rings. The Morgan fingerprint density at radius 2 is 2.00 bits per heavy atom. The lowest BCUT2D eigenvalue weighted by Crippen LogP contribution is -2.18. The molecule has 0 N–H and O–H groups in total. The molecule has 10 heteroatoms. The van der Waals surface area contributed by atoms with Crippen LogP contribution in [0.1, 0.15) is 48.0 Å². The van der Waals surface area contributed by atoms with Gasteiger partial charge in [-0.25, -0.2) is 18.3 Å². The monoisotopic (exact) mass is 444 g/mol. The minimum atomic E-state index is -2.78. The first-order chi connectivity index (χ1) is 15.5. The van der Waals surface area contributed by atoms with Crippen LogP contribution in [-0.4, -0.2) is 46.5 Å². The largest absolute Gasteiger partial charge is 0.494 e. The van der Waals surface area contributed by atoms with Crippen LogP contribution in [0.15, 0.2) is 36.8 Å².